The first-order valence-corrected chi connectivity index (χ1v) is 14.2. The van der Waals surface area contributed by atoms with Crippen molar-refractivity contribution in [2.75, 3.05) is 6.61 Å². The topological polar surface area (TPSA) is 76.0 Å². The van der Waals surface area contributed by atoms with Crippen molar-refractivity contribution in [1.82, 2.24) is 0 Å². The van der Waals surface area contributed by atoms with E-state index in [2.05, 4.69) is 39.5 Å². The van der Waals surface area contributed by atoms with Gasteiger partial charge in [0.2, 0.25) is 0 Å². The van der Waals surface area contributed by atoms with Gasteiger partial charge in [-0.25, -0.2) is 4.79 Å². The fourth-order valence-corrected chi connectivity index (χ4v) is 7.25. The average Bonchev–Trinajstić information content (AvgIpc) is 3.21. The zero-order chi connectivity index (χ0) is 26.0. The number of allylic oxidation sites excluding steroid dienone is 5. The summed E-state index contributed by atoms with van der Waals surface area (Å²) in [6.07, 6.45) is 17.5. The van der Waals surface area contributed by atoms with E-state index in [1.807, 2.05) is 6.08 Å². The molecule has 2 N–H and O–H groups in total. The van der Waals surface area contributed by atoms with E-state index < -0.39 is 23.5 Å². The van der Waals surface area contributed by atoms with E-state index in [0.717, 1.165) is 56.9 Å². The zero-order valence-electron chi connectivity index (χ0n) is 22.6. The van der Waals surface area contributed by atoms with Gasteiger partial charge < -0.3 is 19.7 Å². The fraction of sp³-hybridized carbons (Fsp3) is 0.710. The molecule has 4 atom stereocenters. The molecule has 4 aliphatic carbocycles. The number of hydrogen-bond donors (Lipinski definition) is 2. The Balaban J connectivity index is 1.42. The Morgan fingerprint density at radius 2 is 1.92 bits per heavy atom. The first-order valence-electron chi connectivity index (χ1n) is 14.2. The summed E-state index contributed by atoms with van der Waals surface area (Å²) in [7, 11) is 0. The lowest BCUT2D eigenvalue weighted by Gasteiger charge is -2.41. The number of ether oxygens (including phenoxy) is 2. The molecule has 0 heterocycles. The summed E-state index contributed by atoms with van der Waals surface area (Å²) in [4.78, 5) is 12.6. The standard InChI is InChI=1S/C31H46O5/c1-5-25-14-15-26-23(11-10-16-29(25,26)4)12-13-24-19-31(34,20-27(32)22(24)3)35-21-28(33)36-30(6-2)17-8-7-9-18-30/h12-14,26-27,32,34H,3,5-11,15-21H2,1-2,4H3/t26-,27-,29+,31-/m0/s1. The van der Waals surface area contributed by atoms with E-state index in [-0.39, 0.29) is 24.9 Å². The van der Waals surface area contributed by atoms with E-state index in [1.54, 1.807) is 5.57 Å². The molecule has 200 valence electrons. The van der Waals surface area contributed by atoms with Crippen LogP contribution in [0.5, 0.6) is 0 Å². The molecule has 36 heavy (non-hydrogen) atoms. The van der Waals surface area contributed by atoms with Gasteiger partial charge in [0.25, 0.3) is 0 Å². The van der Waals surface area contributed by atoms with Crippen LogP contribution in [0.1, 0.15) is 104 Å². The van der Waals surface area contributed by atoms with Crippen molar-refractivity contribution in [3.05, 3.63) is 47.1 Å². The summed E-state index contributed by atoms with van der Waals surface area (Å²) in [6, 6.07) is 0. The summed E-state index contributed by atoms with van der Waals surface area (Å²) in [5.41, 5.74) is 4.26. The molecule has 0 saturated heterocycles. The molecule has 4 aliphatic rings. The van der Waals surface area contributed by atoms with Gasteiger partial charge in [-0.3, -0.25) is 0 Å². The van der Waals surface area contributed by atoms with Crippen LogP contribution in [-0.2, 0) is 14.3 Å². The third-order valence-electron chi connectivity index (χ3n) is 9.58. The highest BCUT2D eigenvalue weighted by Gasteiger charge is 2.44. The van der Waals surface area contributed by atoms with Gasteiger partial charge in [0.05, 0.1) is 6.10 Å². The van der Waals surface area contributed by atoms with Gasteiger partial charge in [-0.1, -0.05) is 63.1 Å². The highest BCUT2D eigenvalue weighted by Crippen LogP contribution is 2.55. The highest BCUT2D eigenvalue weighted by atomic mass is 16.6. The first-order chi connectivity index (χ1) is 17.1. The van der Waals surface area contributed by atoms with Gasteiger partial charge in [0.15, 0.2) is 5.79 Å². The Morgan fingerprint density at radius 3 is 2.61 bits per heavy atom. The average molecular weight is 499 g/mol. The summed E-state index contributed by atoms with van der Waals surface area (Å²) >= 11 is 0. The molecule has 0 amide bonds. The number of fused-ring (bicyclic) bond motifs is 1. The van der Waals surface area contributed by atoms with E-state index in [9.17, 15) is 15.0 Å². The molecule has 0 spiro atoms. The Kier molecular flexibility index (Phi) is 8.33. The van der Waals surface area contributed by atoms with Crippen LogP contribution in [0.3, 0.4) is 0 Å². The zero-order valence-corrected chi connectivity index (χ0v) is 22.6. The summed E-state index contributed by atoms with van der Waals surface area (Å²) in [6.45, 7) is 10.5. The lowest BCUT2D eigenvalue weighted by atomic mass is 9.64. The monoisotopic (exact) mass is 498 g/mol. The molecule has 0 aromatic rings. The summed E-state index contributed by atoms with van der Waals surface area (Å²) < 4.78 is 11.6. The fourth-order valence-electron chi connectivity index (χ4n) is 7.25. The predicted octanol–water partition coefficient (Wildman–Crippen LogP) is 6.46. The lowest BCUT2D eigenvalue weighted by molar-refractivity contribution is -0.230. The van der Waals surface area contributed by atoms with Crippen molar-refractivity contribution in [2.45, 2.75) is 122 Å². The maximum atomic E-state index is 12.6. The minimum absolute atomic E-state index is 0.00355. The molecule has 0 aliphatic heterocycles. The van der Waals surface area contributed by atoms with Crippen molar-refractivity contribution in [3.63, 3.8) is 0 Å². The van der Waals surface area contributed by atoms with Crippen molar-refractivity contribution in [1.29, 1.82) is 0 Å². The predicted molar refractivity (Wildman–Crippen MR) is 142 cm³/mol. The maximum Gasteiger partial charge on any atom is 0.332 e. The molecule has 5 heteroatoms. The number of esters is 1. The van der Waals surface area contributed by atoms with E-state index in [0.29, 0.717) is 11.5 Å². The van der Waals surface area contributed by atoms with Crippen LogP contribution in [0.25, 0.3) is 0 Å². The molecule has 0 bridgehead atoms. The van der Waals surface area contributed by atoms with Crippen LogP contribution in [-0.4, -0.2) is 40.3 Å². The first kappa shape index (κ1) is 27.3. The van der Waals surface area contributed by atoms with Gasteiger partial charge in [0.1, 0.15) is 12.2 Å². The highest BCUT2D eigenvalue weighted by molar-refractivity contribution is 5.71. The number of aliphatic hydroxyl groups excluding tert-OH is 1. The Morgan fingerprint density at radius 1 is 1.17 bits per heavy atom. The minimum Gasteiger partial charge on any atom is -0.457 e. The van der Waals surface area contributed by atoms with Crippen molar-refractivity contribution in [3.8, 4) is 0 Å². The lowest BCUT2D eigenvalue weighted by Crippen LogP contribution is -2.44. The Bertz CT molecular complexity index is 937. The Hall–Kier alpha value is -1.69. The van der Waals surface area contributed by atoms with E-state index in [4.69, 9.17) is 9.47 Å². The maximum absolute atomic E-state index is 12.6. The second kappa shape index (κ2) is 11.0. The van der Waals surface area contributed by atoms with Gasteiger partial charge in [-0.05, 0) is 86.7 Å². The summed E-state index contributed by atoms with van der Waals surface area (Å²) in [5.74, 6) is -1.54. The normalized spacial score (nSPS) is 36.6. The van der Waals surface area contributed by atoms with Crippen LogP contribution in [0, 0.1) is 11.3 Å². The molecule has 4 rings (SSSR count). The molecule has 5 nitrogen and oxygen atoms in total. The number of rotatable bonds is 7. The van der Waals surface area contributed by atoms with Crippen LogP contribution in [0.2, 0.25) is 0 Å². The molecular formula is C31H46O5. The number of aliphatic hydroxyl groups is 2. The molecule has 0 aromatic heterocycles. The van der Waals surface area contributed by atoms with Gasteiger partial charge in [0, 0.05) is 12.8 Å². The van der Waals surface area contributed by atoms with Crippen LogP contribution in [0.4, 0.5) is 0 Å². The van der Waals surface area contributed by atoms with E-state index in [1.165, 1.54) is 24.8 Å². The molecule has 0 unspecified atom stereocenters. The van der Waals surface area contributed by atoms with Crippen LogP contribution < -0.4 is 0 Å². The van der Waals surface area contributed by atoms with Gasteiger partial charge in [-0.15, -0.1) is 0 Å². The largest absolute Gasteiger partial charge is 0.457 e. The number of hydrogen-bond acceptors (Lipinski definition) is 5. The summed E-state index contributed by atoms with van der Waals surface area (Å²) in [5, 5.41) is 21.9. The van der Waals surface area contributed by atoms with Crippen LogP contribution >= 0.6 is 0 Å². The third kappa shape index (κ3) is 5.58. The number of carbonyl (C=O) groups excluding carboxylic acids is 1. The molecular weight excluding hydrogens is 452 g/mol. The van der Waals surface area contributed by atoms with Crippen molar-refractivity contribution in [2.24, 2.45) is 11.3 Å². The second-order valence-corrected chi connectivity index (χ2v) is 11.8. The van der Waals surface area contributed by atoms with Crippen molar-refractivity contribution < 1.29 is 24.5 Å². The number of carbonyl (C=O) groups is 1. The molecule has 0 radical (unpaired) electrons. The van der Waals surface area contributed by atoms with Gasteiger partial charge in [-0.2, -0.15) is 0 Å². The quantitative estimate of drug-likeness (QED) is 0.239. The second-order valence-electron chi connectivity index (χ2n) is 11.8. The SMILES string of the molecule is C=C1C(=CC=C2CCC[C@]3(C)C(CC)=CC[C@@H]23)C[C@](O)(OCC(=O)OC2(CC)CCCCC2)C[C@@H]1O. The molecule has 3 saturated carbocycles. The molecule has 0 aromatic carbocycles. The Labute approximate surface area is 217 Å². The third-order valence-corrected chi connectivity index (χ3v) is 9.58. The smallest absolute Gasteiger partial charge is 0.332 e. The molecule has 3 fully saturated rings. The van der Waals surface area contributed by atoms with Crippen molar-refractivity contribution >= 4 is 5.97 Å². The van der Waals surface area contributed by atoms with Crippen LogP contribution in [0.15, 0.2) is 47.1 Å². The van der Waals surface area contributed by atoms with E-state index >= 15 is 0 Å². The van der Waals surface area contributed by atoms with Gasteiger partial charge >= 0.3 is 5.97 Å². The minimum atomic E-state index is -1.62.